The van der Waals surface area contributed by atoms with Crippen molar-refractivity contribution in [2.24, 2.45) is 11.8 Å². The van der Waals surface area contributed by atoms with Crippen molar-refractivity contribution in [3.05, 3.63) is 22.2 Å². The Hall–Kier alpha value is -1.33. The van der Waals surface area contributed by atoms with Crippen molar-refractivity contribution in [1.29, 1.82) is 0 Å². The molecule has 0 aliphatic heterocycles. The lowest BCUT2D eigenvalue weighted by atomic mass is 9.98. The molecule has 0 saturated heterocycles. The molecule has 1 aromatic carbocycles. The van der Waals surface area contributed by atoms with E-state index in [1.807, 2.05) is 4.68 Å². The van der Waals surface area contributed by atoms with Crippen molar-refractivity contribution >= 4 is 28.9 Å². The zero-order valence-corrected chi connectivity index (χ0v) is 13.4. The standard InChI is InChI=1S/C14H17Cl2N5/c1-7-3-4-12(8(7)2)21-14(18-19-20-21)9-5-10(15)13(16)11(17)6-9/h5-8,12H,3-4,17H2,1-2H3. The zero-order valence-electron chi connectivity index (χ0n) is 11.9. The summed E-state index contributed by atoms with van der Waals surface area (Å²) in [6.45, 7) is 4.52. The zero-order chi connectivity index (χ0) is 15.1. The first-order valence-corrected chi connectivity index (χ1v) is 7.77. The van der Waals surface area contributed by atoms with E-state index < -0.39 is 0 Å². The molecule has 1 fully saturated rings. The van der Waals surface area contributed by atoms with E-state index in [0.717, 1.165) is 12.0 Å². The minimum atomic E-state index is 0.306. The number of hydrogen-bond donors (Lipinski definition) is 1. The number of nitrogens with two attached hydrogens (primary N) is 1. The van der Waals surface area contributed by atoms with E-state index in [-0.39, 0.29) is 0 Å². The van der Waals surface area contributed by atoms with Gasteiger partial charge >= 0.3 is 0 Å². The van der Waals surface area contributed by atoms with Gasteiger partial charge in [0.05, 0.1) is 21.8 Å². The summed E-state index contributed by atoms with van der Waals surface area (Å²) >= 11 is 12.1. The quantitative estimate of drug-likeness (QED) is 0.851. The fourth-order valence-corrected chi connectivity index (χ4v) is 3.37. The van der Waals surface area contributed by atoms with Crippen LogP contribution in [0.4, 0.5) is 5.69 Å². The molecular weight excluding hydrogens is 309 g/mol. The maximum absolute atomic E-state index is 6.11. The number of nitrogen functional groups attached to an aromatic ring is 1. The molecule has 1 heterocycles. The second-order valence-electron chi connectivity index (χ2n) is 5.79. The molecule has 21 heavy (non-hydrogen) atoms. The summed E-state index contributed by atoms with van der Waals surface area (Å²) in [4.78, 5) is 0. The largest absolute Gasteiger partial charge is 0.397 e. The Morgan fingerprint density at radius 3 is 2.62 bits per heavy atom. The van der Waals surface area contributed by atoms with Gasteiger partial charge in [0.2, 0.25) is 0 Å². The highest BCUT2D eigenvalue weighted by Gasteiger charge is 2.33. The Balaban J connectivity index is 2.04. The van der Waals surface area contributed by atoms with E-state index in [1.54, 1.807) is 12.1 Å². The van der Waals surface area contributed by atoms with E-state index >= 15 is 0 Å². The molecule has 1 saturated carbocycles. The van der Waals surface area contributed by atoms with E-state index in [2.05, 4.69) is 29.4 Å². The molecule has 0 bridgehead atoms. The Kier molecular flexibility index (Phi) is 3.80. The summed E-state index contributed by atoms with van der Waals surface area (Å²) in [5.41, 5.74) is 7.11. The van der Waals surface area contributed by atoms with Gasteiger partial charge in [-0.1, -0.05) is 37.0 Å². The van der Waals surface area contributed by atoms with Gasteiger partial charge in [-0.05, 0) is 47.2 Å². The van der Waals surface area contributed by atoms with Crippen LogP contribution in [-0.2, 0) is 0 Å². The van der Waals surface area contributed by atoms with Gasteiger partial charge in [0, 0.05) is 5.56 Å². The maximum atomic E-state index is 6.11. The van der Waals surface area contributed by atoms with Crippen LogP contribution in [0, 0.1) is 11.8 Å². The third kappa shape index (κ3) is 2.49. The lowest BCUT2D eigenvalue weighted by Crippen LogP contribution is -2.17. The van der Waals surface area contributed by atoms with Crippen molar-refractivity contribution in [2.45, 2.75) is 32.7 Å². The molecule has 2 N–H and O–H groups in total. The molecule has 0 spiro atoms. The minimum absolute atomic E-state index is 0.306. The molecule has 7 heteroatoms. The Morgan fingerprint density at radius 2 is 2.00 bits per heavy atom. The van der Waals surface area contributed by atoms with Crippen LogP contribution in [0.15, 0.2) is 12.1 Å². The van der Waals surface area contributed by atoms with Crippen molar-refractivity contribution in [2.75, 3.05) is 5.73 Å². The molecule has 3 rings (SSSR count). The molecule has 0 radical (unpaired) electrons. The van der Waals surface area contributed by atoms with Crippen LogP contribution in [0.1, 0.15) is 32.7 Å². The van der Waals surface area contributed by atoms with Gasteiger partial charge in [-0.2, -0.15) is 0 Å². The number of aromatic nitrogens is 4. The Morgan fingerprint density at radius 1 is 1.24 bits per heavy atom. The van der Waals surface area contributed by atoms with Crippen LogP contribution < -0.4 is 5.73 Å². The molecule has 3 atom stereocenters. The van der Waals surface area contributed by atoms with E-state index in [9.17, 15) is 0 Å². The van der Waals surface area contributed by atoms with Gasteiger partial charge in [0.1, 0.15) is 0 Å². The predicted octanol–water partition coefficient (Wildman–Crippen LogP) is 3.84. The number of halogens is 2. The maximum Gasteiger partial charge on any atom is 0.182 e. The number of benzene rings is 1. The molecule has 1 aliphatic carbocycles. The number of hydrogen-bond acceptors (Lipinski definition) is 4. The van der Waals surface area contributed by atoms with Gasteiger partial charge in [-0.25, -0.2) is 4.68 Å². The monoisotopic (exact) mass is 325 g/mol. The average Bonchev–Trinajstić information content (AvgIpc) is 3.04. The molecule has 1 aliphatic rings. The van der Waals surface area contributed by atoms with Crippen molar-refractivity contribution in [1.82, 2.24) is 20.2 Å². The van der Waals surface area contributed by atoms with Crippen LogP contribution in [0.25, 0.3) is 11.4 Å². The SMILES string of the molecule is CC1CCC(n2nnnc2-c2cc(N)c(Cl)c(Cl)c2)C1C. The van der Waals surface area contributed by atoms with Gasteiger partial charge in [0.25, 0.3) is 0 Å². The van der Waals surface area contributed by atoms with Gasteiger partial charge in [-0.15, -0.1) is 5.10 Å². The second-order valence-corrected chi connectivity index (χ2v) is 6.57. The van der Waals surface area contributed by atoms with E-state index in [1.165, 1.54) is 6.42 Å². The lowest BCUT2D eigenvalue weighted by molar-refractivity contribution is 0.328. The summed E-state index contributed by atoms with van der Waals surface area (Å²) in [6.07, 6.45) is 2.27. The lowest BCUT2D eigenvalue weighted by Gasteiger charge is -2.19. The summed E-state index contributed by atoms with van der Waals surface area (Å²) in [5, 5.41) is 12.9. The summed E-state index contributed by atoms with van der Waals surface area (Å²) in [7, 11) is 0. The summed E-state index contributed by atoms with van der Waals surface area (Å²) < 4.78 is 1.90. The first kappa shape index (κ1) is 14.6. The summed E-state index contributed by atoms with van der Waals surface area (Å²) in [6, 6.07) is 3.82. The van der Waals surface area contributed by atoms with Crippen LogP contribution in [-0.4, -0.2) is 20.2 Å². The average molecular weight is 326 g/mol. The van der Waals surface area contributed by atoms with Crippen molar-refractivity contribution in [3.8, 4) is 11.4 Å². The highest BCUT2D eigenvalue weighted by Crippen LogP contribution is 2.41. The highest BCUT2D eigenvalue weighted by molar-refractivity contribution is 6.43. The Bertz CT molecular complexity index is 646. The molecule has 112 valence electrons. The van der Waals surface area contributed by atoms with Crippen LogP contribution in [0.3, 0.4) is 0 Å². The fourth-order valence-electron chi connectivity index (χ4n) is 3.03. The fraction of sp³-hybridized carbons (Fsp3) is 0.500. The molecule has 0 amide bonds. The van der Waals surface area contributed by atoms with Crippen LogP contribution >= 0.6 is 23.2 Å². The molecular formula is C14H17Cl2N5. The van der Waals surface area contributed by atoms with Gasteiger partial charge in [-0.3, -0.25) is 0 Å². The number of rotatable bonds is 2. The van der Waals surface area contributed by atoms with Crippen molar-refractivity contribution in [3.63, 3.8) is 0 Å². The van der Waals surface area contributed by atoms with E-state index in [0.29, 0.717) is 39.4 Å². The first-order chi connectivity index (χ1) is 9.99. The molecule has 3 unspecified atom stereocenters. The number of tetrazole rings is 1. The predicted molar refractivity (Wildman–Crippen MR) is 84.3 cm³/mol. The van der Waals surface area contributed by atoms with Gasteiger partial charge < -0.3 is 5.73 Å². The van der Waals surface area contributed by atoms with Crippen LogP contribution in [0.5, 0.6) is 0 Å². The van der Waals surface area contributed by atoms with Crippen molar-refractivity contribution < 1.29 is 0 Å². The summed E-state index contributed by atoms with van der Waals surface area (Å²) in [5.74, 6) is 1.89. The third-order valence-corrected chi connectivity index (χ3v) is 5.36. The molecule has 2 aromatic rings. The number of anilines is 1. The third-order valence-electron chi connectivity index (χ3n) is 4.54. The topological polar surface area (TPSA) is 69.6 Å². The highest BCUT2D eigenvalue weighted by atomic mass is 35.5. The van der Waals surface area contributed by atoms with Crippen LogP contribution in [0.2, 0.25) is 10.0 Å². The molecule has 1 aromatic heterocycles. The molecule has 5 nitrogen and oxygen atoms in total. The number of nitrogens with zero attached hydrogens (tertiary/aromatic N) is 4. The van der Waals surface area contributed by atoms with E-state index in [4.69, 9.17) is 28.9 Å². The second kappa shape index (κ2) is 5.46. The smallest absolute Gasteiger partial charge is 0.182 e. The first-order valence-electron chi connectivity index (χ1n) is 7.01. The minimum Gasteiger partial charge on any atom is -0.397 e. The normalized spacial score (nSPS) is 25.4. The van der Waals surface area contributed by atoms with Gasteiger partial charge in [0.15, 0.2) is 5.82 Å². The Labute approximate surface area is 133 Å².